The number of rotatable bonds is 4. The molecule has 1 aliphatic carbocycles. The lowest BCUT2D eigenvalue weighted by Crippen LogP contribution is -2.05. The van der Waals surface area contributed by atoms with Crippen molar-refractivity contribution in [1.82, 2.24) is 14.5 Å². The molecule has 0 spiro atoms. The van der Waals surface area contributed by atoms with Crippen LogP contribution >= 0.6 is 11.3 Å². The van der Waals surface area contributed by atoms with Gasteiger partial charge in [0.05, 0.1) is 22.8 Å². The summed E-state index contributed by atoms with van der Waals surface area (Å²) in [6.45, 7) is 5.65. The van der Waals surface area contributed by atoms with Crippen LogP contribution in [0.1, 0.15) is 40.3 Å². The van der Waals surface area contributed by atoms with Gasteiger partial charge in [-0.2, -0.15) is 0 Å². The van der Waals surface area contributed by atoms with Crippen LogP contribution in [0, 0.1) is 19.7 Å². The summed E-state index contributed by atoms with van der Waals surface area (Å²) < 4.78 is 15.0. The van der Waals surface area contributed by atoms with Crippen molar-refractivity contribution in [3.8, 4) is 16.9 Å². The number of hydrogen-bond donors (Lipinski definition) is 0. The third kappa shape index (κ3) is 5.19. The number of hydrogen-bond acceptors (Lipinski definition) is 4. The van der Waals surface area contributed by atoms with Crippen LogP contribution in [-0.2, 0) is 24.1 Å². The second-order valence-corrected chi connectivity index (χ2v) is 9.38. The summed E-state index contributed by atoms with van der Waals surface area (Å²) in [7, 11) is 0. The maximum Gasteiger partial charge on any atom is 0.137 e. The lowest BCUT2D eigenvalue weighted by atomic mass is 10.1. The number of ketones is 1. The van der Waals surface area contributed by atoms with E-state index in [-0.39, 0.29) is 18.0 Å². The summed E-state index contributed by atoms with van der Waals surface area (Å²) in [6, 6.07) is 14.2. The third-order valence-corrected chi connectivity index (χ3v) is 6.41. The molecule has 0 aliphatic heterocycles. The highest BCUT2D eigenvalue weighted by atomic mass is 32.1. The van der Waals surface area contributed by atoms with E-state index < -0.39 is 0 Å². The van der Waals surface area contributed by atoms with Crippen molar-refractivity contribution in [2.24, 2.45) is 0 Å². The van der Waals surface area contributed by atoms with Gasteiger partial charge in [-0.15, -0.1) is 11.3 Å². The van der Waals surface area contributed by atoms with Gasteiger partial charge in [-0.05, 0) is 64.3 Å². The van der Waals surface area contributed by atoms with E-state index >= 15 is 0 Å². The Bertz CT molecular complexity index is 1200. The number of imidazole rings is 1. The second-order valence-electron chi connectivity index (χ2n) is 8.09. The fourth-order valence-corrected chi connectivity index (χ4v) is 4.80. The molecule has 0 amide bonds. The summed E-state index contributed by atoms with van der Waals surface area (Å²) in [5.41, 5.74) is 5.12. The Balaban J connectivity index is 0.000000225. The van der Waals surface area contributed by atoms with Crippen molar-refractivity contribution in [2.45, 2.75) is 46.5 Å². The van der Waals surface area contributed by atoms with Crippen molar-refractivity contribution < 1.29 is 9.18 Å². The third-order valence-electron chi connectivity index (χ3n) is 5.34. The highest BCUT2D eigenvalue weighted by molar-refractivity contribution is 7.11. The van der Waals surface area contributed by atoms with Crippen molar-refractivity contribution >= 4 is 17.1 Å². The Labute approximate surface area is 191 Å². The lowest BCUT2D eigenvalue weighted by molar-refractivity contribution is -0.116. The van der Waals surface area contributed by atoms with Gasteiger partial charge >= 0.3 is 0 Å². The normalized spacial score (nSPS) is 12.2. The average molecular weight is 448 g/mol. The molecule has 2 aromatic carbocycles. The molecule has 2 aromatic heterocycles. The smallest absolute Gasteiger partial charge is 0.137 e. The van der Waals surface area contributed by atoms with E-state index in [1.165, 1.54) is 59.5 Å². The minimum Gasteiger partial charge on any atom is -0.303 e. The predicted octanol–water partition coefficient (Wildman–Crippen LogP) is 6.06. The van der Waals surface area contributed by atoms with Gasteiger partial charge in [0.15, 0.2) is 0 Å². The molecule has 0 N–H and O–H groups in total. The van der Waals surface area contributed by atoms with Crippen LogP contribution in [0.3, 0.4) is 0 Å². The largest absolute Gasteiger partial charge is 0.303 e. The maximum atomic E-state index is 13.1. The molecule has 4 aromatic rings. The topological polar surface area (TPSA) is 47.8 Å². The van der Waals surface area contributed by atoms with E-state index in [9.17, 15) is 9.18 Å². The zero-order valence-electron chi connectivity index (χ0n) is 18.6. The lowest BCUT2D eigenvalue weighted by Gasteiger charge is -2.06. The first-order chi connectivity index (χ1) is 15.4. The molecule has 2 heterocycles. The molecular formula is C26H26FN3OS. The van der Waals surface area contributed by atoms with Crippen LogP contribution in [0.2, 0.25) is 0 Å². The van der Waals surface area contributed by atoms with Gasteiger partial charge in [-0.25, -0.2) is 14.4 Å². The van der Waals surface area contributed by atoms with Crippen LogP contribution in [0.4, 0.5) is 4.39 Å². The number of aromatic nitrogens is 3. The van der Waals surface area contributed by atoms with E-state index in [1.807, 2.05) is 53.3 Å². The number of benzene rings is 2. The minimum atomic E-state index is -0.291. The summed E-state index contributed by atoms with van der Waals surface area (Å²) in [5, 5.41) is 1.24. The van der Waals surface area contributed by atoms with Crippen molar-refractivity contribution in [3.63, 3.8) is 0 Å². The Morgan fingerprint density at radius 1 is 1.03 bits per heavy atom. The number of fused-ring (bicyclic) bond motifs is 1. The monoisotopic (exact) mass is 447 g/mol. The molecule has 0 atom stereocenters. The van der Waals surface area contributed by atoms with Crippen molar-refractivity contribution in [2.75, 3.05) is 0 Å². The number of halogens is 1. The molecular weight excluding hydrogens is 421 g/mol. The molecule has 32 heavy (non-hydrogen) atoms. The number of aryl methyl sites for hydroxylation is 4. The molecule has 5 rings (SSSR count). The Hall–Kier alpha value is -3.12. The minimum absolute atomic E-state index is 0.0365. The molecule has 164 valence electrons. The quantitative estimate of drug-likeness (QED) is 0.382. The molecule has 4 nitrogen and oxygen atoms in total. The first-order valence-electron chi connectivity index (χ1n) is 10.7. The van der Waals surface area contributed by atoms with Crippen molar-refractivity contribution in [3.05, 3.63) is 87.5 Å². The Morgan fingerprint density at radius 3 is 2.41 bits per heavy atom. The Kier molecular flexibility index (Phi) is 6.61. The van der Waals surface area contributed by atoms with E-state index in [2.05, 4.69) is 16.9 Å². The van der Waals surface area contributed by atoms with Gasteiger partial charge in [0.1, 0.15) is 17.4 Å². The second kappa shape index (κ2) is 9.57. The maximum absolute atomic E-state index is 13.1. The van der Waals surface area contributed by atoms with E-state index in [1.54, 1.807) is 12.1 Å². The molecule has 0 bridgehead atoms. The van der Waals surface area contributed by atoms with Crippen LogP contribution in [0.5, 0.6) is 0 Å². The fourth-order valence-electron chi connectivity index (χ4n) is 3.77. The van der Waals surface area contributed by atoms with Gasteiger partial charge in [-0.3, -0.25) is 4.79 Å². The highest BCUT2D eigenvalue weighted by Crippen LogP contribution is 2.26. The van der Waals surface area contributed by atoms with Gasteiger partial charge in [0.25, 0.3) is 0 Å². The van der Waals surface area contributed by atoms with E-state index in [4.69, 9.17) is 0 Å². The van der Waals surface area contributed by atoms with Crippen LogP contribution < -0.4 is 0 Å². The molecule has 0 radical (unpaired) electrons. The number of carbonyl (C=O) groups is 1. The molecule has 1 aliphatic rings. The number of carbonyl (C=O) groups excluding carboxylic acids is 1. The van der Waals surface area contributed by atoms with Gasteiger partial charge in [-0.1, -0.05) is 29.8 Å². The zero-order chi connectivity index (χ0) is 22.7. The molecule has 0 saturated carbocycles. The SMILES string of the molecule is CC(=O)Cc1nc(-c2ccc(C)cc2)cn1-c1ccc(F)cc1.Cc1nc2c(s1)CCC2. The first kappa shape index (κ1) is 22.1. The molecule has 6 heteroatoms. The van der Waals surface area contributed by atoms with Crippen molar-refractivity contribution in [1.29, 1.82) is 0 Å². The number of Topliss-reactive ketones (excluding diaryl/α,β-unsaturated/α-hetero) is 1. The van der Waals surface area contributed by atoms with Gasteiger partial charge < -0.3 is 4.57 Å². The van der Waals surface area contributed by atoms with Crippen LogP contribution in [0.15, 0.2) is 54.7 Å². The van der Waals surface area contributed by atoms with Crippen LogP contribution in [-0.4, -0.2) is 20.3 Å². The molecule has 0 fully saturated rings. The molecule has 0 saturated heterocycles. The fraction of sp³-hybridized carbons (Fsp3) is 0.269. The predicted molar refractivity (Wildman–Crippen MR) is 127 cm³/mol. The van der Waals surface area contributed by atoms with E-state index in [0.29, 0.717) is 5.82 Å². The summed E-state index contributed by atoms with van der Waals surface area (Å²) in [5.74, 6) is 0.398. The Morgan fingerprint density at radius 2 is 1.75 bits per heavy atom. The summed E-state index contributed by atoms with van der Waals surface area (Å²) >= 11 is 1.87. The highest BCUT2D eigenvalue weighted by Gasteiger charge is 2.14. The van der Waals surface area contributed by atoms with Crippen LogP contribution in [0.25, 0.3) is 16.9 Å². The summed E-state index contributed by atoms with van der Waals surface area (Å²) in [4.78, 5) is 22.1. The number of nitrogens with zero attached hydrogens (tertiary/aromatic N) is 3. The van der Waals surface area contributed by atoms with Gasteiger partial charge in [0, 0.05) is 22.3 Å². The molecule has 0 unspecified atom stereocenters. The van der Waals surface area contributed by atoms with E-state index in [0.717, 1.165) is 16.9 Å². The summed E-state index contributed by atoms with van der Waals surface area (Å²) in [6.07, 6.45) is 5.95. The standard InChI is InChI=1S/C19H17FN2O.C7H9NS/c1-13-3-5-15(6-4-13)18-12-22(19(21-18)11-14(2)23)17-9-7-16(20)8-10-17;1-5-8-6-3-2-4-7(6)9-5/h3-10,12H,11H2,1-2H3;2-4H2,1H3. The zero-order valence-corrected chi connectivity index (χ0v) is 19.4. The van der Waals surface area contributed by atoms with Gasteiger partial charge in [0.2, 0.25) is 0 Å². The first-order valence-corrected chi connectivity index (χ1v) is 11.6. The number of thiazole rings is 1. The average Bonchev–Trinajstić information content (AvgIpc) is 3.44.